The lowest BCUT2D eigenvalue weighted by molar-refractivity contribution is 0.274. The lowest BCUT2D eigenvalue weighted by Crippen LogP contribution is -2.58. The van der Waals surface area contributed by atoms with Crippen molar-refractivity contribution < 1.29 is 0 Å². The monoisotopic (exact) mass is 315 g/mol. The van der Waals surface area contributed by atoms with Crippen molar-refractivity contribution in [3.05, 3.63) is 69.7 Å². The van der Waals surface area contributed by atoms with Crippen molar-refractivity contribution in [3.8, 4) is 0 Å². The number of rotatable bonds is 3. The second kappa shape index (κ2) is 5.10. The number of nitrogens with one attached hydrogen (secondary N) is 1. The van der Waals surface area contributed by atoms with E-state index in [9.17, 15) is 0 Å². The van der Waals surface area contributed by atoms with E-state index in [1.807, 2.05) is 0 Å². The predicted octanol–water partition coefficient (Wildman–Crippen LogP) is 3.84. The van der Waals surface area contributed by atoms with Crippen LogP contribution in [0, 0.1) is 6.92 Å². The summed E-state index contributed by atoms with van der Waals surface area (Å²) >= 11 is 3.51. The molecule has 0 bridgehead atoms. The number of halogens is 1. The molecule has 0 radical (unpaired) electrons. The maximum atomic E-state index is 3.51. The standard InChI is InChI=1S/C17H18BrN/c1-13-2-4-14(5-3-13)10-17(11-19-12-17)15-6-8-16(18)9-7-15/h2-9,19H,10-12H2,1H3. The van der Waals surface area contributed by atoms with Gasteiger partial charge in [0, 0.05) is 23.0 Å². The topological polar surface area (TPSA) is 12.0 Å². The van der Waals surface area contributed by atoms with Crippen LogP contribution in [0.3, 0.4) is 0 Å². The highest BCUT2D eigenvalue weighted by Gasteiger charge is 2.38. The molecule has 0 spiro atoms. The average molecular weight is 316 g/mol. The Hall–Kier alpha value is -1.12. The second-order valence-electron chi connectivity index (χ2n) is 5.55. The highest BCUT2D eigenvalue weighted by atomic mass is 79.9. The zero-order valence-corrected chi connectivity index (χ0v) is 12.7. The van der Waals surface area contributed by atoms with Gasteiger partial charge in [0.2, 0.25) is 0 Å². The second-order valence-corrected chi connectivity index (χ2v) is 6.47. The van der Waals surface area contributed by atoms with Crippen LogP contribution in [-0.4, -0.2) is 13.1 Å². The van der Waals surface area contributed by atoms with Crippen LogP contribution in [0.1, 0.15) is 16.7 Å². The largest absolute Gasteiger partial charge is 0.315 e. The van der Waals surface area contributed by atoms with Gasteiger partial charge >= 0.3 is 0 Å². The number of hydrogen-bond acceptors (Lipinski definition) is 1. The average Bonchev–Trinajstić information content (AvgIpc) is 2.37. The van der Waals surface area contributed by atoms with Gasteiger partial charge in [-0.25, -0.2) is 0 Å². The molecule has 1 saturated heterocycles. The molecule has 0 aliphatic carbocycles. The van der Waals surface area contributed by atoms with Crippen LogP contribution in [0.2, 0.25) is 0 Å². The summed E-state index contributed by atoms with van der Waals surface area (Å²) in [5, 5.41) is 3.44. The van der Waals surface area contributed by atoms with Crippen LogP contribution in [-0.2, 0) is 11.8 Å². The summed E-state index contributed by atoms with van der Waals surface area (Å²) < 4.78 is 1.15. The van der Waals surface area contributed by atoms with Crippen molar-refractivity contribution in [2.24, 2.45) is 0 Å². The van der Waals surface area contributed by atoms with E-state index in [4.69, 9.17) is 0 Å². The van der Waals surface area contributed by atoms with E-state index >= 15 is 0 Å². The van der Waals surface area contributed by atoms with Crippen molar-refractivity contribution in [2.75, 3.05) is 13.1 Å². The maximum absolute atomic E-state index is 3.51. The van der Waals surface area contributed by atoms with Gasteiger partial charge < -0.3 is 5.32 Å². The molecule has 1 heterocycles. The minimum atomic E-state index is 0.274. The zero-order chi connectivity index (χ0) is 13.3. The molecule has 2 aromatic rings. The molecule has 19 heavy (non-hydrogen) atoms. The Morgan fingerprint density at radius 1 is 1.00 bits per heavy atom. The maximum Gasteiger partial charge on any atom is 0.0242 e. The molecular formula is C17H18BrN. The lowest BCUT2D eigenvalue weighted by atomic mass is 9.71. The molecule has 1 N–H and O–H groups in total. The van der Waals surface area contributed by atoms with E-state index in [-0.39, 0.29) is 5.41 Å². The van der Waals surface area contributed by atoms with Crippen LogP contribution in [0.4, 0.5) is 0 Å². The van der Waals surface area contributed by atoms with Gasteiger partial charge in [0.25, 0.3) is 0 Å². The third kappa shape index (κ3) is 2.60. The molecule has 1 nitrogen and oxygen atoms in total. The van der Waals surface area contributed by atoms with Crippen LogP contribution in [0.5, 0.6) is 0 Å². The third-order valence-electron chi connectivity index (χ3n) is 4.05. The summed E-state index contributed by atoms with van der Waals surface area (Å²) in [4.78, 5) is 0. The predicted molar refractivity (Wildman–Crippen MR) is 83.6 cm³/mol. The summed E-state index contributed by atoms with van der Waals surface area (Å²) in [6.45, 7) is 4.28. The van der Waals surface area contributed by atoms with Crippen molar-refractivity contribution in [1.82, 2.24) is 5.32 Å². The number of aryl methyl sites for hydroxylation is 1. The molecular weight excluding hydrogens is 298 g/mol. The Bertz CT molecular complexity index is 553. The SMILES string of the molecule is Cc1ccc(CC2(c3ccc(Br)cc3)CNC2)cc1. The van der Waals surface area contributed by atoms with E-state index in [0.717, 1.165) is 24.0 Å². The first kappa shape index (κ1) is 12.9. The summed E-state index contributed by atoms with van der Waals surface area (Å²) in [7, 11) is 0. The highest BCUT2D eigenvalue weighted by molar-refractivity contribution is 9.10. The highest BCUT2D eigenvalue weighted by Crippen LogP contribution is 2.33. The van der Waals surface area contributed by atoms with Crippen molar-refractivity contribution in [2.45, 2.75) is 18.8 Å². The van der Waals surface area contributed by atoms with Crippen LogP contribution >= 0.6 is 15.9 Å². The minimum Gasteiger partial charge on any atom is -0.315 e. The van der Waals surface area contributed by atoms with Gasteiger partial charge in [-0.3, -0.25) is 0 Å². The Kier molecular flexibility index (Phi) is 3.46. The van der Waals surface area contributed by atoms with Crippen LogP contribution in [0.25, 0.3) is 0 Å². The molecule has 0 unspecified atom stereocenters. The Morgan fingerprint density at radius 3 is 2.16 bits per heavy atom. The normalized spacial score (nSPS) is 16.9. The van der Waals surface area contributed by atoms with E-state index in [1.165, 1.54) is 16.7 Å². The molecule has 3 rings (SSSR count). The Labute approximate surface area is 123 Å². The van der Waals surface area contributed by atoms with Crippen LogP contribution < -0.4 is 5.32 Å². The van der Waals surface area contributed by atoms with Gasteiger partial charge in [0.1, 0.15) is 0 Å². The van der Waals surface area contributed by atoms with E-state index in [1.54, 1.807) is 0 Å². The van der Waals surface area contributed by atoms with Crippen molar-refractivity contribution in [1.29, 1.82) is 0 Å². The first-order valence-corrected chi connectivity index (χ1v) is 7.50. The lowest BCUT2D eigenvalue weighted by Gasteiger charge is -2.43. The van der Waals surface area contributed by atoms with Crippen LogP contribution in [0.15, 0.2) is 53.0 Å². The van der Waals surface area contributed by atoms with Crippen molar-refractivity contribution in [3.63, 3.8) is 0 Å². The molecule has 1 aliphatic heterocycles. The molecule has 0 atom stereocenters. The van der Waals surface area contributed by atoms with Gasteiger partial charge in [-0.1, -0.05) is 57.9 Å². The summed E-state index contributed by atoms with van der Waals surface area (Å²) in [6, 6.07) is 17.7. The fourth-order valence-electron chi connectivity index (χ4n) is 2.76. The minimum absolute atomic E-state index is 0.274. The molecule has 98 valence electrons. The van der Waals surface area contributed by atoms with Gasteiger partial charge in [-0.15, -0.1) is 0 Å². The molecule has 1 fully saturated rings. The van der Waals surface area contributed by atoms with Crippen molar-refractivity contribution >= 4 is 15.9 Å². The van der Waals surface area contributed by atoms with Gasteiger partial charge in [-0.05, 0) is 36.6 Å². The fraction of sp³-hybridized carbons (Fsp3) is 0.294. The number of hydrogen-bond donors (Lipinski definition) is 1. The Balaban J connectivity index is 1.87. The molecule has 0 saturated carbocycles. The number of benzene rings is 2. The molecule has 0 aromatic heterocycles. The summed E-state index contributed by atoms with van der Waals surface area (Å²) in [6.07, 6.45) is 1.11. The quantitative estimate of drug-likeness (QED) is 0.907. The Morgan fingerprint density at radius 2 is 1.63 bits per heavy atom. The first-order valence-electron chi connectivity index (χ1n) is 6.70. The first-order chi connectivity index (χ1) is 9.18. The molecule has 2 aromatic carbocycles. The molecule has 0 amide bonds. The smallest absolute Gasteiger partial charge is 0.0242 e. The summed E-state index contributed by atoms with van der Waals surface area (Å²) in [5.41, 5.74) is 4.47. The van der Waals surface area contributed by atoms with E-state index < -0.39 is 0 Å². The van der Waals surface area contributed by atoms with Gasteiger partial charge in [0.15, 0.2) is 0 Å². The van der Waals surface area contributed by atoms with Gasteiger partial charge in [-0.2, -0.15) is 0 Å². The summed E-state index contributed by atoms with van der Waals surface area (Å²) in [5.74, 6) is 0. The third-order valence-corrected chi connectivity index (χ3v) is 4.58. The van der Waals surface area contributed by atoms with E-state index in [2.05, 4.69) is 76.7 Å². The molecule has 2 heteroatoms. The van der Waals surface area contributed by atoms with E-state index in [0.29, 0.717) is 0 Å². The molecule has 1 aliphatic rings. The van der Waals surface area contributed by atoms with Gasteiger partial charge in [0.05, 0.1) is 0 Å². The zero-order valence-electron chi connectivity index (χ0n) is 11.1. The fourth-order valence-corrected chi connectivity index (χ4v) is 3.02.